The molecule has 1 heterocycles. The molecule has 5 heteroatoms. The van der Waals surface area contributed by atoms with Crippen molar-refractivity contribution in [1.29, 1.82) is 0 Å². The molecule has 1 aliphatic rings. The van der Waals surface area contributed by atoms with Gasteiger partial charge < -0.3 is 20.5 Å². The van der Waals surface area contributed by atoms with Crippen molar-refractivity contribution in [1.82, 2.24) is 4.90 Å². The minimum atomic E-state index is -0.968. The standard InChI is InChI=1S/C14H20N2O3/c15-10-14(18)7-4-8-16(11-14)13(17)19-9-12-5-2-1-3-6-12/h1-3,5-6,18H,4,7-11,15H2. The Kier molecular flexibility index (Phi) is 4.39. The third-order valence-corrected chi connectivity index (χ3v) is 3.40. The maximum absolute atomic E-state index is 11.9. The van der Waals surface area contributed by atoms with Gasteiger partial charge in [-0.05, 0) is 18.4 Å². The van der Waals surface area contributed by atoms with Gasteiger partial charge in [-0.15, -0.1) is 0 Å². The summed E-state index contributed by atoms with van der Waals surface area (Å²) in [6.45, 7) is 1.26. The lowest BCUT2D eigenvalue weighted by atomic mass is 9.93. The second-order valence-electron chi connectivity index (χ2n) is 4.99. The summed E-state index contributed by atoms with van der Waals surface area (Å²) in [5.74, 6) is 0. The number of aliphatic hydroxyl groups is 1. The zero-order chi connectivity index (χ0) is 13.7. The monoisotopic (exact) mass is 264 g/mol. The molecule has 1 aromatic carbocycles. The van der Waals surface area contributed by atoms with Crippen LogP contribution in [0.4, 0.5) is 4.79 Å². The third-order valence-electron chi connectivity index (χ3n) is 3.40. The van der Waals surface area contributed by atoms with Crippen LogP contribution in [-0.4, -0.2) is 41.3 Å². The molecule has 104 valence electrons. The molecule has 0 bridgehead atoms. The van der Waals surface area contributed by atoms with Crippen LogP contribution in [0, 0.1) is 0 Å². The quantitative estimate of drug-likeness (QED) is 0.857. The Morgan fingerprint density at radius 3 is 2.84 bits per heavy atom. The van der Waals surface area contributed by atoms with Crippen molar-refractivity contribution in [2.24, 2.45) is 5.73 Å². The minimum Gasteiger partial charge on any atom is -0.445 e. The largest absolute Gasteiger partial charge is 0.445 e. The first kappa shape index (κ1) is 13.8. The average molecular weight is 264 g/mol. The lowest BCUT2D eigenvalue weighted by Gasteiger charge is -2.37. The van der Waals surface area contributed by atoms with Gasteiger partial charge in [0.2, 0.25) is 0 Å². The molecule has 0 saturated carbocycles. The highest BCUT2D eigenvalue weighted by Gasteiger charge is 2.34. The van der Waals surface area contributed by atoms with Gasteiger partial charge >= 0.3 is 6.09 Å². The number of ether oxygens (including phenoxy) is 1. The van der Waals surface area contributed by atoms with Crippen LogP contribution in [0.1, 0.15) is 18.4 Å². The molecule has 2 rings (SSSR count). The number of hydrogen-bond donors (Lipinski definition) is 2. The van der Waals surface area contributed by atoms with Crippen molar-refractivity contribution in [3.05, 3.63) is 35.9 Å². The number of nitrogens with zero attached hydrogens (tertiary/aromatic N) is 1. The second kappa shape index (κ2) is 6.04. The molecule has 1 unspecified atom stereocenters. The van der Waals surface area contributed by atoms with Crippen molar-refractivity contribution >= 4 is 6.09 Å². The summed E-state index contributed by atoms with van der Waals surface area (Å²) in [6, 6.07) is 9.52. The van der Waals surface area contributed by atoms with Gasteiger partial charge in [0.1, 0.15) is 6.61 Å². The lowest BCUT2D eigenvalue weighted by Crippen LogP contribution is -2.54. The first-order valence-corrected chi connectivity index (χ1v) is 6.51. The smallest absolute Gasteiger partial charge is 0.410 e. The van der Waals surface area contributed by atoms with E-state index in [4.69, 9.17) is 10.5 Å². The minimum absolute atomic E-state index is 0.162. The van der Waals surface area contributed by atoms with Crippen LogP contribution >= 0.6 is 0 Å². The first-order valence-electron chi connectivity index (χ1n) is 6.51. The van der Waals surface area contributed by atoms with Gasteiger partial charge in [0, 0.05) is 13.1 Å². The van der Waals surface area contributed by atoms with Crippen LogP contribution in [0.25, 0.3) is 0 Å². The van der Waals surface area contributed by atoms with Gasteiger partial charge in [0.25, 0.3) is 0 Å². The normalized spacial score (nSPS) is 23.2. The molecular formula is C14H20N2O3. The molecule has 0 aromatic heterocycles. The molecule has 1 aliphatic heterocycles. The van der Waals surface area contributed by atoms with Crippen molar-refractivity contribution in [2.45, 2.75) is 25.0 Å². The van der Waals surface area contributed by atoms with Gasteiger partial charge in [-0.3, -0.25) is 0 Å². The van der Waals surface area contributed by atoms with Crippen LogP contribution in [0.3, 0.4) is 0 Å². The SMILES string of the molecule is NCC1(O)CCCN(C(=O)OCc2ccccc2)C1. The molecule has 5 nitrogen and oxygen atoms in total. The molecule has 0 radical (unpaired) electrons. The number of nitrogens with two attached hydrogens (primary N) is 1. The highest BCUT2D eigenvalue weighted by Crippen LogP contribution is 2.20. The first-order chi connectivity index (χ1) is 9.13. The van der Waals surface area contributed by atoms with Gasteiger partial charge in [-0.1, -0.05) is 30.3 Å². The highest BCUT2D eigenvalue weighted by molar-refractivity contribution is 5.67. The van der Waals surface area contributed by atoms with Crippen molar-refractivity contribution in [3.63, 3.8) is 0 Å². The summed E-state index contributed by atoms with van der Waals surface area (Å²) in [4.78, 5) is 13.5. The third kappa shape index (κ3) is 3.68. The van der Waals surface area contributed by atoms with Crippen LogP contribution in [-0.2, 0) is 11.3 Å². The molecule has 3 N–H and O–H groups in total. The molecule has 1 atom stereocenters. The molecule has 19 heavy (non-hydrogen) atoms. The number of carbonyl (C=O) groups excluding carboxylic acids is 1. The van der Waals surface area contributed by atoms with Gasteiger partial charge in [0.05, 0.1) is 12.1 Å². The van der Waals surface area contributed by atoms with E-state index in [0.717, 1.165) is 12.0 Å². The van der Waals surface area contributed by atoms with E-state index in [1.165, 1.54) is 4.90 Å². The van der Waals surface area contributed by atoms with E-state index in [1.807, 2.05) is 30.3 Å². The zero-order valence-electron chi connectivity index (χ0n) is 10.9. The average Bonchev–Trinajstić information content (AvgIpc) is 2.46. The number of likely N-dealkylation sites (tertiary alicyclic amines) is 1. The number of benzene rings is 1. The lowest BCUT2D eigenvalue weighted by molar-refractivity contribution is -0.0237. The van der Waals surface area contributed by atoms with Gasteiger partial charge in [-0.25, -0.2) is 4.79 Å². The zero-order valence-corrected chi connectivity index (χ0v) is 10.9. The number of hydrogen-bond acceptors (Lipinski definition) is 4. The topological polar surface area (TPSA) is 75.8 Å². The van der Waals surface area contributed by atoms with Crippen LogP contribution in [0.15, 0.2) is 30.3 Å². The number of amides is 1. The summed E-state index contributed by atoms with van der Waals surface area (Å²) < 4.78 is 5.24. The Hall–Kier alpha value is -1.59. The molecule has 0 aliphatic carbocycles. The molecule has 1 fully saturated rings. The highest BCUT2D eigenvalue weighted by atomic mass is 16.6. The second-order valence-corrected chi connectivity index (χ2v) is 4.99. The number of rotatable bonds is 3. The van der Waals surface area contributed by atoms with Crippen molar-refractivity contribution in [2.75, 3.05) is 19.6 Å². The maximum atomic E-state index is 11.9. The Labute approximate surface area is 113 Å². The molecular weight excluding hydrogens is 244 g/mol. The van der Waals surface area contributed by atoms with Crippen LogP contribution in [0.2, 0.25) is 0 Å². The molecule has 1 saturated heterocycles. The predicted molar refractivity (Wildman–Crippen MR) is 71.4 cm³/mol. The van der Waals surface area contributed by atoms with Crippen molar-refractivity contribution < 1.29 is 14.6 Å². The van der Waals surface area contributed by atoms with Crippen molar-refractivity contribution in [3.8, 4) is 0 Å². The summed E-state index contributed by atoms with van der Waals surface area (Å²) >= 11 is 0. The van der Waals surface area contributed by atoms with Gasteiger partial charge in [0.15, 0.2) is 0 Å². The summed E-state index contributed by atoms with van der Waals surface area (Å²) in [5.41, 5.74) is 5.51. The van der Waals surface area contributed by atoms with E-state index in [1.54, 1.807) is 0 Å². The Morgan fingerprint density at radius 2 is 2.16 bits per heavy atom. The number of carbonyl (C=O) groups is 1. The fourth-order valence-electron chi connectivity index (χ4n) is 2.25. The summed E-state index contributed by atoms with van der Waals surface area (Å²) in [6.07, 6.45) is 0.982. The fraction of sp³-hybridized carbons (Fsp3) is 0.500. The number of piperidine rings is 1. The van der Waals surface area contributed by atoms with Crippen LogP contribution in [0.5, 0.6) is 0 Å². The van der Waals surface area contributed by atoms with Gasteiger partial charge in [-0.2, -0.15) is 0 Å². The predicted octanol–water partition coefficient (Wildman–Crippen LogP) is 1.11. The summed E-state index contributed by atoms with van der Waals surface area (Å²) in [7, 11) is 0. The van der Waals surface area contributed by atoms with E-state index < -0.39 is 11.7 Å². The fourth-order valence-corrected chi connectivity index (χ4v) is 2.25. The van der Waals surface area contributed by atoms with Crippen LogP contribution < -0.4 is 5.73 Å². The van der Waals surface area contributed by atoms with E-state index in [0.29, 0.717) is 13.0 Å². The van der Waals surface area contributed by atoms with E-state index >= 15 is 0 Å². The molecule has 1 aromatic rings. The van der Waals surface area contributed by atoms with E-state index in [-0.39, 0.29) is 19.7 Å². The Morgan fingerprint density at radius 1 is 1.42 bits per heavy atom. The van der Waals surface area contributed by atoms with E-state index in [2.05, 4.69) is 0 Å². The number of β-amino-alcohol motifs (C(OH)–C–C–N with tert-alkyl or cyclic N) is 1. The molecule has 0 spiro atoms. The molecule has 1 amide bonds. The maximum Gasteiger partial charge on any atom is 0.410 e. The Balaban J connectivity index is 1.86. The Bertz CT molecular complexity index is 424. The van der Waals surface area contributed by atoms with E-state index in [9.17, 15) is 9.90 Å². The summed E-state index contributed by atoms with van der Waals surface area (Å²) in [5, 5.41) is 10.1.